The molecule has 1 aliphatic heterocycles. The molecule has 2 heterocycles. The standard InChI is InChI=1S/C24H30N2O2/c1-28-21-14-12-18(13-15-21)22-10-5-11-23(25-22)20-9-6-16-26(17-20)24(27)19-7-3-2-4-8-19/h5,10-15,19-20H,2-4,6-9,16-17H2,1H3. The lowest BCUT2D eigenvalue weighted by atomic mass is 9.86. The maximum atomic E-state index is 13.0. The van der Waals surface area contributed by atoms with Gasteiger partial charge in [-0.15, -0.1) is 0 Å². The maximum Gasteiger partial charge on any atom is 0.225 e. The van der Waals surface area contributed by atoms with E-state index in [1.165, 1.54) is 19.3 Å². The fraction of sp³-hybridized carbons (Fsp3) is 0.500. The Morgan fingerprint density at radius 3 is 2.54 bits per heavy atom. The minimum Gasteiger partial charge on any atom is -0.497 e. The first-order valence-corrected chi connectivity index (χ1v) is 10.6. The molecule has 1 aromatic carbocycles. The number of methoxy groups -OCH3 is 1. The van der Waals surface area contributed by atoms with Gasteiger partial charge in [-0.2, -0.15) is 0 Å². The molecule has 2 fully saturated rings. The van der Waals surface area contributed by atoms with Crippen molar-refractivity contribution in [1.82, 2.24) is 9.88 Å². The molecule has 1 amide bonds. The van der Waals surface area contributed by atoms with Crippen molar-refractivity contribution in [1.29, 1.82) is 0 Å². The van der Waals surface area contributed by atoms with Crippen molar-refractivity contribution in [3.8, 4) is 17.0 Å². The van der Waals surface area contributed by atoms with Crippen molar-refractivity contribution < 1.29 is 9.53 Å². The zero-order chi connectivity index (χ0) is 19.3. The summed E-state index contributed by atoms with van der Waals surface area (Å²) in [5.74, 6) is 1.82. The summed E-state index contributed by atoms with van der Waals surface area (Å²) < 4.78 is 5.25. The summed E-state index contributed by atoms with van der Waals surface area (Å²) in [4.78, 5) is 20.0. The first-order valence-electron chi connectivity index (χ1n) is 10.6. The molecule has 1 atom stereocenters. The molecule has 148 valence electrons. The Kier molecular flexibility index (Phi) is 5.94. The van der Waals surface area contributed by atoms with Crippen molar-refractivity contribution >= 4 is 5.91 Å². The van der Waals surface area contributed by atoms with E-state index in [1.54, 1.807) is 7.11 Å². The SMILES string of the molecule is COc1ccc(-c2cccc(C3CCCN(C(=O)C4CCCCC4)C3)n2)cc1. The van der Waals surface area contributed by atoms with Crippen LogP contribution in [0.15, 0.2) is 42.5 Å². The van der Waals surface area contributed by atoms with Gasteiger partial charge in [0.05, 0.1) is 12.8 Å². The Bertz CT molecular complexity index is 797. The lowest BCUT2D eigenvalue weighted by Crippen LogP contribution is -2.43. The van der Waals surface area contributed by atoms with Crippen LogP contribution in [0, 0.1) is 5.92 Å². The number of aromatic nitrogens is 1. The van der Waals surface area contributed by atoms with Crippen LogP contribution in [0.25, 0.3) is 11.3 Å². The highest BCUT2D eigenvalue weighted by atomic mass is 16.5. The van der Waals surface area contributed by atoms with Gasteiger partial charge in [0.15, 0.2) is 0 Å². The van der Waals surface area contributed by atoms with Crippen molar-refractivity contribution in [3.05, 3.63) is 48.2 Å². The van der Waals surface area contributed by atoms with Gasteiger partial charge in [0.2, 0.25) is 5.91 Å². The van der Waals surface area contributed by atoms with Crippen molar-refractivity contribution in [3.63, 3.8) is 0 Å². The van der Waals surface area contributed by atoms with E-state index in [4.69, 9.17) is 9.72 Å². The predicted molar refractivity (Wildman–Crippen MR) is 111 cm³/mol. The first-order chi connectivity index (χ1) is 13.7. The quantitative estimate of drug-likeness (QED) is 0.748. The van der Waals surface area contributed by atoms with E-state index in [-0.39, 0.29) is 5.92 Å². The molecule has 1 saturated heterocycles. The highest BCUT2D eigenvalue weighted by Gasteiger charge is 2.30. The molecule has 1 aromatic heterocycles. The Labute approximate surface area is 167 Å². The van der Waals surface area contributed by atoms with Crippen LogP contribution in [-0.2, 0) is 4.79 Å². The third kappa shape index (κ3) is 4.21. The van der Waals surface area contributed by atoms with Crippen LogP contribution < -0.4 is 4.74 Å². The van der Waals surface area contributed by atoms with Gasteiger partial charge >= 0.3 is 0 Å². The molecule has 0 bridgehead atoms. The summed E-state index contributed by atoms with van der Waals surface area (Å²) in [6, 6.07) is 14.3. The minimum absolute atomic E-state index is 0.256. The van der Waals surface area contributed by atoms with E-state index < -0.39 is 0 Å². The molecule has 4 nitrogen and oxygen atoms in total. The zero-order valence-electron chi connectivity index (χ0n) is 16.8. The number of nitrogens with zero attached hydrogens (tertiary/aromatic N) is 2. The number of carbonyl (C=O) groups is 1. The van der Waals surface area contributed by atoms with E-state index in [0.29, 0.717) is 11.8 Å². The lowest BCUT2D eigenvalue weighted by Gasteiger charge is -2.35. The van der Waals surface area contributed by atoms with Crippen LogP contribution in [0.5, 0.6) is 5.75 Å². The number of carbonyl (C=O) groups excluding carboxylic acids is 1. The van der Waals surface area contributed by atoms with E-state index in [1.807, 2.05) is 24.3 Å². The second-order valence-electron chi connectivity index (χ2n) is 8.13. The van der Waals surface area contributed by atoms with Crippen LogP contribution in [0.2, 0.25) is 0 Å². The Hall–Kier alpha value is -2.36. The van der Waals surface area contributed by atoms with E-state index in [9.17, 15) is 4.79 Å². The van der Waals surface area contributed by atoms with E-state index in [2.05, 4.69) is 23.1 Å². The van der Waals surface area contributed by atoms with Gasteiger partial charge < -0.3 is 9.64 Å². The largest absolute Gasteiger partial charge is 0.497 e. The van der Waals surface area contributed by atoms with Crippen LogP contribution in [0.3, 0.4) is 0 Å². The molecule has 0 spiro atoms. The average molecular weight is 379 g/mol. The number of piperidine rings is 1. The third-order valence-electron chi connectivity index (χ3n) is 6.26. The van der Waals surface area contributed by atoms with E-state index in [0.717, 1.165) is 61.5 Å². The van der Waals surface area contributed by atoms with Gasteiger partial charge in [0.1, 0.15) is 5.75 Å². The molecule has 4 rings (SSSR count). The number of rotatable bonds is 4. The number of likely N-dealkylation sites (tertiary alicyclic amines) is 1. The van der Waals surface area contributed by atoms with Gasteiger partial charge in [-0.05, 0) is 62.1 Å². The fourth-order valence-corrected chi connectivity index (χ4v) is 4.63. The summed E-state index contributed by atoms with van der Waals surface area (Å²) in [5, 5.41) is 0. The molecule has 1 aliphatic carbocycles. The van der Waals surface area contributed by atoms with Crippen LogP contribution in [0.4, 0.5) is 0 Å². The van der Waals surface area contributed by atoms with Crippen molar-refractivity contribution in [2.75, 3.05) is 20.2 Å². The topological polar surface area (TPSA) is 42.4 Å². The van der Waals surface area contributed by atoms with Gasteiger partial charge in [-0.1, -0.05) is 25.3 Å². The predicted octanol–water partition coefficient (Wildman–Crippen LogP) is 5.04. The second-order valence-corrected chi connectivity index (χ2v) is 8.13. The van der Waals surface area contributed by atoms with Crippen LogP contribution in [0.1, 0.15) is 56.6 Å². The molecule has 1 saturated carbocycles. The number of hydrogen-bond donors (Lipinski definition) is 0. The smallest absolute Gasteiger partial charge is 0.225 e. The van der Waals surface area contributed by atoms with E-state index >= 15 is 0 Å². The summed E-state index contributed by atoms with van der Waals surface area (Å²) in [6.45, 7) is 1.72. The second kappa shape index (κ2) is 8.76. The normalized spacial score (nSPS) is 20.8. The Balaban J connectivity index is 1.48. The van der Waals surface area contributed by atoms with Crippen LogP contribution >= 0.6 is 0 Å². The number of hydrogen-bond acceptors (Lipinski definition) is 3. The molecule has 28 heavy (non-hydrogen) atoms. The molecule has 1 unspecified atom stereocenters. The molecule has 2 aliphatic rings. The highest BCUT2D eigenvalue weighted by Crippen LogP contribution is 2.31. The molecule has 0 N–H and O–H groups in total. The monoisotopic (exact) mass is 378 g/mol. The summed E-state index contributed by atoms with van der Waals surface area (Å²) in [7, 11) is 1.68. The third-order valence-corrected chi connectivity index (χ3v) is 6.26. The maximum absolute atomic E-state index is 13.0. The average Bonchev–Trinajstić information content (AvgIpc) is 2.79. The Morgan fingerprint density at radius 1 is 1.00 bits per heavy atom. The van der Waals surface area contributed by atoms with Crippen LogP contribution in [-0.4, -0.2) is 36.0 Å². The number of pyridine rings is 1. The van der Waals surface area contributed by atoms with Crippen molar-refractivity contribution in [2.45, 2.75) is 50.9 Å². The summed E-state index contributed by atoms with van der Waals surface area (Å²) >= 11 is 0. The first kappa shape index (κ1) is 19.0. The minimum atomic E-state index is 0.256. The zero-order valence-corrected chi connectivity index (χ0v) is 16.8. The van der Waals surface area contributed by atoms with Gasteiger partial charge in [0, 0.05) is 36.2 Å². The molecular weight excluding hydrogens is 348 g/mol. The Morgan fingerprint density at radius 2 is 1.79 bits per heavy atom. The fourth-order valence-electron chi connectivity index (χ4n) is 4.63. The molecule has 0 radical (unpaired) electrons. The highest BCUT2D eigenvalue weighted by molar-refractivity contribution is 5.79. The molecule has 2 aromatic rings. The van der Waals surface area contributed by atoms with Crippen molar-refractivity contribution in [2.24, 2.45) is 5.92 Å². The number of amides is 1. The number of ether oxygens (including phenoxy) is 1. The summed E-state index contributed by atoms with van der Waals surface area (Å²) in [6.07, 6.45) is 8.02. The lowest BCUT2D eigenvalue weighted by molar-refractivity contribution is -0.137. The number of benzene rings is 1. The molecule has 4 heteroatoms. The molecular formula is C24H30N2O2. The van der Waals surface area contributed by atoms with Gasteiger partial charge in [0.25, 0.3) is 0 Å². The van der Waals surface area contributed by atoms with Gasteiger partial charge in [-0.3, -0.25) is 9.78 Å². The van der Waals surface area contributed by atoms with Gasteiger partial charge in [-0.25, -0.2) is 0 Å². The summed E-state index contributed by atoms with van der Waals surface area (Å²) in [5.41, 5.74) is 3.18.